The standard InChI is InChI=1S/C28H31N5O4.C17H22N2O.C16H16N4O.C16H18N2O.C9H12N4.C9H14N2O.C8H12N2O/c1-18(2)33-17-29-23-24(33)31-27(30-22(34)15-19-9-7-6-8-10-19)32-25(23)36-16-20-11-13-21(14-12-20)37-26(35)28(3,4)5;1-12(2)19-11-14(4)16(18-17(19)20)10-13(3)15-8-6-5-7-9-15;1-11(2)20-10-19-15-13(17-9-18-16(15)20)8-14(21)12-6-4-3-5-7-12;1-12(2)18-10-9-15(17-16(18)19)11-13(3)14-7-5-4-6-8-14;1-6(2)13-5-12-8-7(3)10-4-11-9(8)13;1-6(2)11-5-7(3)8(4)10-9(11)12;1-6(2)10-5-4-7(3)9-8(10)11/h6-14,17-18H,15-16H2,1-5H3,(H,30,31,32,34);5-9,11-12,16H,3,10H2,1-2,4H3,(H,18,20);3-7,9-11H,8H2,1-2H3;4-10,12H,3,11H2,1-2H3;4-6H,3H2,1-2H3,(H,10,11);5-6H,4H2,1-3H3,(H,10,12);4-6H,3H2,1-2H3,(H,9,11). The van der Waals surface area contributed by atoms with Gasteiger partial charge in [-0.3, -0.25) is 39.0 Å². The van der Waals surface area contributed by atoms with Gasteiger partial charge >= 0.3 is 29.8 Å². The van der Waals surface area contributed by atoms with Gasteiger partial charge in [0.1, 0.15) is 29.9 Å². The molecule has 0 spiro atoms. The fraction of sp³-hybridized carbons (Fsp3) is 0.320. The lowest BCUT2D eigenvalue weighted by Crippen LogP contribution is -2.49. The topological polar surface area (TPSA) is 343 Å². The molecule has 133 heavy (non-hydrogen) atoms. The zero-order valence-electron chi connectivity index (χ0n) is 79.7. The molecule has 4 aliphatic rings. The van der Waals surface area contributed by atoms with Crippen LogP contribution in [0.3, 0.4) is 0 Å². The van der Waals surface area contributed by atoms with Gasteiger partial charge in [-0.15, -0.1) is 0 Å². The molecule has 0 fully saturated rings. The van der Waals surface area contributed by atoms with Crippen molar-refractivity contribution in [3.63, 3.8) is 0 Å². The monoisotopic (exact) mass is 1800 g/mol. The summed E-state index contributed by atoms with van der Waals surface area (Å²) in [7, 11) is 0. The van der Waals surface area contributed by atoms with Crippen LogP contribution >= 0.6 is 0 Å². The zero-order chi connectivity index (χ0) is 97.1. The number of esters is 1. The van der Waals surface area contributed by atoms with Crippen LogP contribution in [0.4, 0.5) is 26.1 Å². The molecule has 0 bridgehead atoms. The molecule has 30 heteroatoms. The van der Waals surface area contributed by atoms with Gasteiger partial charge in [-0.1, -0.05) is 166 Å². The molecule has 4 aliphatic heterocycles. The molecule has 0 aliphatic carbocycles. The summed E-state index contributed by atoms with van der Waals surface area (Å²) in [5.41, 5.74) is 15.0. The Bertz CT molecular complexity index is 6130. The first-order valence-electron chi connectivity index (χ1n) is 44.2. The van der Waals surface area contributed by atoms with E-state index in [2.05, 4.69) is 139 Å². The van der Waals surface area contributed by atoms with Crippen LogP contribution in [-0.4, -0.2) is 139 Å². The lowest BCUT2D eigenvalue weighted by molar-refractivity contribution is -0.143. The highest BCUT2D eigenvalue weighted by molar-refractivity contribution is 5.99. The Balaban J connectivity index is 0.000000182. The maximum absolute atomic E-state index is 12.6. The van der Waals surface area contributed by atoms with E-state index in [1.807, 2.05) is 242 Å². The van der Waals surface area contributed by atoms with E-state index < -0.39 is 5.41 Å². The summed E-state index contributed by atoms with van der Waals surface area (Å²) in [5, 5.41) is 14.1. The Morgan fingerprint density at radius 3 is 1.62 bits per heavy atom. The number of carbonyl (C=O) groups is 6. The van der Waals surface area contributed by atoms with Gasteiger partial charge in [0.15, 0.2) is 28.4 Å². The highest BCUT2D eigenvalue weighted by Gasteiger charge is 2.29. The van der Waals surface area contributed by atoms with Crippen molar-refractivity contribution in [2.24, 2.45) is 10.4 Å². The van der Waals surface area contributed by atoms with Crippen LogP contribution in [0.5, 0.6) is 11.6 Å². The first kappa shape index (κ1) is 102. The van der Waals surface area contributed by atoms with Gasteiger partial charge in [0.05, 0.1) is 66.7 Å². The molecule has 15 rings (SSSR count). The van der Waals surface area contributed by atoms with Crippen LogP contribution in [0.1, 0.15) is 212 Å². The van der Waals surface area contributed by atoms with Crippen molar-refractivity contribution >= 4 is 93.0 Å². The van der Waals surface area contributed by atoms with Gasteiger partial charge in [0.25, 0.3) is 0 Å². The number of hydrogen-bond donors (Lipinski definition) is 5. The van der Waals surface area contributed by atoms with Crippen molar-refractivity contribution in [3.8, 4) is 11.6 Å². The molecule has 0 radical (unpaired) electrons. The molecule has 1 unspecified atom stereocenters. The quantitative estimate of drug-likeness (QED) is 0.0226. The van der Waals surface area contributed by atoms with Crippen LogP contribution in [0.25, 0.3) is 39.2 Å². The van der Waals surface area contributed by atoms with E-state index in [0.29, 0.717) is 57.5 Å². The molecule has 10 heterocycles. The number of ether oxygens (including phenoxy) is 2. The normalized spacial score (nSPS) is 13.8. The van der Waals surface area contributed by atoms with E-state index in [9.17, 15) is 33.6 Å². The fourth-order valence-corrected chi connectivity index (χ4v) is 13.2. The third-order valence-corrected chi connectivity index (χ3v) is 21.0. The van der Waals surface area contributed by atoms with Crippen molar-refractivity contribution in [2.45, 2.75) is 212 Å². The number of aliphatic imine (C=N–C) groups is 1. The van der Waals surface area contributed by atoms with Gasteiger partial charge in [-0.2, -0.15) is 15.0 Å². The number of nitrogens with one attached hydrogen (secondary N) is 5. The molecule has 6 aromatic heterocycles. The van der Waals surface area contributed by atoms with Crippen molar-refractivity contribution in [1.82, 2.24) is 94.1 Å². The van der Waals surface area contributed by atoms with Crippen LogP contribution < -0.4 is 41.7 Å². The summed E-state index contributed by atoms with van der Waals surface area (Å²) in [6, 6.07) is 48.9. The van der Waals surface area contributed by atoms with Crippen molar-refractivity contribution in [3.05, 3.63) is 319 Å². The van der Waals surface area contributed by atoms with Gasteiger partial charge in [0.2, 0.25) is 17.7 Å². The predicted octanol–water partition coefficient (Wildman–Crippen LogP) is 19.8. The van der Waals surface area contributed by atoms with Gasteiger partial charge in [0, 0.05) is 90.5 Å². The summed E-state index contributed by atoms with van der Waals surface area (Å²) in [5.74, 6) is 1.27. The summed E-state index contributed by atoms with van der Waals surface area (Å²) in [6.07, 6.45) is 19.2. The van der Waals surface area contributed by atoms with Gasteiger partial charge < -0.3 is 44.4 Å². The smallest absolute Gasteiger partial charge is 0.348 e. The molecule has 0 saturated heterocycles. The Morgan fingerprint density at radius 1 is 0.519 bits per heavy atom. The third-order valence-electron chi connectivity index (χ3n) is 21.0. The summed E-state index contributed by atoms with van der Waals surface area (Å²) >= 11 is 0. The second-order valence-electron chi connectivity index (χ2n) is 34.9. The third kappa shape index (κ3) is 28.9. The van der Waals surface area contributed by atoms with Crippen LogP contribution in [0.2, 0.25) is 0 Å². The highest BCUT2D eigenvalue weighted by atomic mass is 16.5. The lowest BCUT2D eigenvalue weighted by atomic mass is 9.95. The molecule has 30 nitrogen and oxygen atoms in total. The Morgan fingerprint density at radius 2 is 1.06 bits per heavy atom. The van der Waals surface area contributed by atoms with E-state index in [0.717, 1.165) is 79.5 Å². The number of urea groups is 3. The average Bonchev–Trinajstić information content (AvgIpc) is 1.65. The number of anilines is 1. The lowest BCUT2D eigenvalue weighted by Gasteiger charge is -2.33. The molecular weight excluding hydrogens is 1680 g/mol. The Hall–Kier alpha value is -15.1. The largest absolute Gasteiger partial charge is 0.471 e. The molecule has 1 atom stereocenters. The predicted molar refractivity (Wildman–Crippen MR) is 527 cm³/mol. The first-order chi connectivity index (χ1) is 63.1. The minimum absolute atomic E-state index is 0.0311. The molecular formula is C103H125N21O9. The van der Waals surface area contributed by atoms with E-state index in [-0.39, 0.29) is 115 Å². The van der Waals surface area contributed by atoms with E-state index >= 15 is 0 Å². The van der Waals surface area contributed by atoms with Crippen LogP contribution in [-0.2, 0) is 35.5 Å². The number of aromatic nitrogens is 12. The molecule has 5 N–H and O–H groups in total. The number of Topliss-reactive ketones (excluding diaryl/α,β-unsaturated/α-hetero) is 1. The van der Waals surface area contributed by atoms with Crippen molar-refractivity contribution in [1.29, 1.82) is 0 Å². The van der Waals surface area contributed by atoms with Crippen LogP contribution in [0, 0.1) is 5.41 Å². The summed E-state index contributed by atoms with van der Waals surface area (Å²) in [4.78, 5) is 127. The number of imidazole rings is 3. The molecule has 7 amide bonds. The average molecular weight is 1800 g/mol. The number of ketones is 1. The maximum atomic E-state index is 12.6. The fourth-order valence-electron chi connectivity index (χ4n) is 13.2. The minimum Gasteiger partial charge on any atom is -0.471 e. The Labute approximate surface area is 779 Å². The summed E-state index contributed by atoms with van der Waals surface area (Å²) < 4.78 is 19.0. The Kier molecular flexibility index (Phi) is 36.3. The second kappa shape index (κ2) is 47.5. The van der Waals surface area contributed by atoms with Crippen molar-refractivity contribution in [2.75, 3.05) is 5.32 Å². The molecule has 0 saturated carbocycles. The maximum Gasteiger partial charge on any atom is 0.348 e. The number of hydrogen-bond acceptors (Lipinski definition) is 19. The number of rotatable bonds is 23. The van der Waals surface area contributed by atoms with E-state index in [4.69, 9.17) is 9.47 Å². The van der Waals surface area contributed by atoms with Gasteiger partial charge in [-0.05, 0) is 207 Å². The van der Waals surface area contributed by atoms with E-state index in [1.54, 1.807) is 96.0 Å². The van der Waals surface area contributed by atoms with Gasteiger partial charge in [-0.25, -0.2) is 49.1 Å². The SMILES string of the molecule is C=C(CC1NC(=O)N(C(C)C)C=C1C)c1ccccc1.C=C(Cc1ccn(C(C)C)c(=O)n1)c1ccccc1.C=C1C=CN(C(C)C)C(=O)N1.C=C1NC(=O)N(C(C)C)C=C1C.C=C1NC=Nc2c1ncn2C(C)C.CC(C)n1cnc2c(CC(=O)c3ccccc3)ncnc21.CC(C)n1cnc2c(OCc3ccc(OC(=O)C(C)(C)C)cc3)nc(NC(=O)Cc3ccccc3)nc21. The van der Waals surface area contributed by atoms with E-state index in [1.165, 1.54) is 6.33 Å². The minimum atomic E-state index is -0.590. The number of nitrogens with zero attached hydrogens (tertiary/aromatic N) is 16. The molecule has 5 aromatic carbocycles. The molecule has 696 valence electrons. The van der Waals surface area contributed by atoms with Crippen molar-refractivity contribution < 1.29 is 38.2 Å². The zero-order valence-corrected chi connectivity index (χ0v) is 79.7. The number of benzene rings is 5. The number of amides is 7. The second-order valence-corrected chi connectivity index (χ2v) is 34.9. The number of fused-ring (bicyclic) bond motifs is 3. The molecule has 11 aromatic rings. The summed E-state index contributed by atoms with van der Waals surface area (Å²) in [6.45, 7) is 57.1. The van der Waals surface area contributed by atoms with Crippen LogP contribution in [0.15, 0.2) is 273 Å². The first-order valence-corrected chi connectivity index (χ1v) is 44.2. The number of carbonyl (C=O) groups excluding carboxylic acids is 6. The highest BCUT2D eigenvalue weighted by Crippen LogP contribution is 2.31. The number of allylic oxidation sites excluding steroid dienone is 3.